The molecule has 2 unspecified atom stereocenters. The molecule has 1 heterocycles. The molecule has 1 fully saturated rings. The molecule has 1 saturated heterocycles. The molecule has 1 aliphatic heterocycles. The van der Waals surface area contributed by atoms with Crippen molar-refractivity contribution in [2.75, 3.05) is 34.2 Å². The predicted molar refractivity (Wildman–Crippen MR) is 71.0 cm³/mol. The number of nitrogens with zero attached hydrogens (tertiary/aromatic N) is 2. The maximum absolute atomic E-state index is 12.3. The zero-order valence-corrected chi connectivity index (χ0v) is 11.9. The van der Waals surface area contributed by atoms with Gasteiger partial charge in [0.1, 0.15) is 0 Å². The van der Waals surface area contributed by atoms with Crippen LogP contribution >= 0.6 is 0 Å². The summed E-state index contributed by atoms with van der Waals surface area (Å²) < 4.78 is 0. The molecular weight excluding hydrogens is 214 g/mol. The second kappa shape index (κ2) is 6.36. The molecule has 0 spiro atoms. The van der Waals surface area contributed by atoms with E-state index in [0.29, 0.717) is 12.0 Å². The average molecular weight is 241 g/mol. The maximum Gasteiger partial charge on any atom is 0.239 e. The summed E-state index contributed by atoms with van der Waals surface area (Å²) in [7, 11) is 6.01. The summed E-state index contributed by atoms with van der Waals surface area (Å²) >= 11 is 0. The van der Waals surface area contributed by atoms with Crippen molar-refractivity contribution < 1.29 is 4.79 Å². The van der Waals surface area contributed by atoms with Gasteiger partial charge in [-0.25, -0.2) is 0 Å². The molecule has 0 aromatic heterocycles. The summed E-state index contributed by atoms with van der Waals surface area (Å²) in [5, 5.41) is 3.13. The Bertz CT molecular complexity index is 253. The predicted octanol–water partition coefficient (Wildman–Crippen LogP) is 0.783. The van der Waals surface area contributed by atoms with Crippen LogP contribution in [-0.2, 0) is 4.79 Å². The van der Waals surface area contributed by atoms with Gasteiger partial charge in [0.2, 0.25) is 5.91 Å². The Morgan fingerprint density at radius 3 is 2.59 bits per heavy atom. The number of carbonyl (C=O) groups is 1. The van der Waals surface area contributed by atoms with Crippen molar-refractivity contribution in [3.05, 3.63) is 0 Å². The van der Waals surface area contributed by atoms with Gasteiger partial charge in [0, 0.05) is 19.1 Å². The fourth-order valence-corrected chi connectivity index (χ4v) is 2.54. The maximum atomic E-state index is 12.3. The van der Waals surface area contributed by atoms with Gasteiger partial charge in [0.25, 0.3) is 0 Å². The Morgan fingerprint density at radius 2 is 2.12 bits per heavy atom. The first-order valence-electron chi connectivity index (χ1n) is 6.59. The van der Waals surface area contributed by atoms with Crippen molar-refractivity contribution in [2.45, 2.75) is 38.8 Å². The molecule has 1 aliphatic rings. The third kappa shape index (κ3) is 3.68. The van der Waals surface area contributed by atoms with Crippen LogP contribution in [0, 0.1) is 5.92 Å². The van der Waals surface area contributed by atoms with Crippen molar-refractivity contribution in [3.8, 4) is 0 Å². The SMILES string of the molecule is CNC1CCCN(C(CN(C)C)C(C)C)C1=O. The molecule has 4 heteroatoms. The van der Waals surface area contributed by atoms with Gasteiger partial charge in [0.15, 0.2) is 0 Å². The van der Waals surface area contributed by atoms with Crippen molar-refractivity contribution in [2.24, 2.45) is 5.92 Å². The number of carbonyl (C=O) groups excluding carboxylic acids is 1. The number of rotatable bonds is 5. The Balaban J connectivity index is 2.75. The second-order valence-electron chi connectivity index (χ2n) is 5.59. The van der Waals surface area contributed by atoms with Gasteiger partial charge < -0.3 is 15.1 Å². The van der Waals surface area contributed by atoms with E-state index in [1.165, 1.54) is 0 Å². The topological polar surface area (TPSA) is 35.6 Å². The molecule has 0 aliphatic carbocycles. The van der Waals surface area contributed by atoms with E-state index in [4.69, 9.17) is 0 Å². The molecule has 0 aromatic rings. The zero-order chi connectivity index (χ0) is 13.0. The largest absolute Gasteiger partial charge is 0.337 e. The quantitative estimate of drug-likeness (QED) is 0.773. The van der Waals surface area contributed by atoms with E-state index in [-0.39, 0.29) is 11.9 Å². The van der Waals surface area contributed by atoms with Gasteiger partial charge in [-0.05, 0) is 39.9 Å². The summed E-state index contributed by atoms with van der Waals surface area (Å²) in [5.74, 6) is 0.774. The van der Waals surface area contributed by atoms with Crippen LogP contribution in [-0.4, -0.2) is 62.0 Å². The van der Waals surface area contributed by atoms with Crippen LogP contribution < -0.4 is 5.32 Å². The monoisotopic (exact) mass is 241 g/mol. The number of hydrogen-bond donors (Lipinski definition) is 1. The molecule has 1 N–H and O–H groups in total. The van der Waals surface area contributed by atoms with Gasteiger partial charge in [-0.15, -0.1) is 0 Å². The van der Waals surface area contributed by atoms with Gasteiger partial charge in [0.05, 0.1) is 6.04 Å². The van der Waals surface area contributed by atoms with Crippen LogP contribution in [0.15, 0.2) is 0 Å². The van der Waals surface area contributed by atoms with E-state index in [1.807, 2.05) is 7.05 Å². The molecule has 1 rings (SSSR count). The minimum Gasteiger partial charge on any atom is -0.337 e. The zero-order valence-electron chi connectivity index (χ0n) is 11.9. The lowest BCUT2D eigenvalue weighted by atomic mass is 9.96. The first-order chi connectivity index (χ1) is 7.97. The van der Waals surface area contributed by atoms with E-state index >= 15 is 0 Å². The lowest BCUT2D eigenvalue weighted by Crippen LogP contribution is -2.57. The second-order valence-corrected chi connectivity index (χ2v) is 5.59. The highest BCUT2D eigenvalue weighted by molar-refractivity contribution is 5.82. The number of piperidine rings is 1. The van der Waals surface area contributed by atoms with Gasteiger partial charge >= 0.3 is 0 Å². The van der Waals surface area contributed by atoms with E-state index in [2.05, 4.69) is 43.1 Å². The van der Waals surface area contributed by atoms with E-state index in [1.54, 1.807) is 0 Å². The summed E-state index contributed by atoms with van der Waals surface area (Å²) in [6, 6.07) is 0.348. The Hall–Kier alpha value is -0.610. The van der Waals surface area contributed by atoms with Crippen LogP contribution in [0.5, 0.6) is 0 Å². The molecule has 17 heavy (non-hydrogen) atoms. The normalized spacial score (nSPS) is 23.6. The molecule has 0 bridgehead atoms. The van der Waals surface area contributed by atoms with Crippen LogP contribution in [0.4, 0.5) is 0 Å². The fraction of sp³-hybridized carbons (Fsp3) is 0.923. The van der Waals surface area contributed by atoms with Crippen molar-refractivity contribution >= 4 is 5.91 Å². The first kappa shape index (κ1) is 14.5. The smallest absolute Gasteiger partial charge is 0.239 e. The third-order valence-electron chi connectivity index (χ3n) is 3.54. The summed E-state index contributed by atoms with van der Waals surface area (Å²) in [6.45, 7) is 6.25. The van der Waals surface area contributed by atoms with Crippen LogP contribution in [0.25, 0.3) is 0 Å². The molecular formula is C13H27N3O. The number of likely N-dealkylation sites (tertiary alicyclic amines) is 1. The Morgan fingerprint density at radius 1 is 1.47 bits per heavy atom. The number of hydrogen-bond acceptors (Lipinski definition) is 3. The van der Waals surface area contributed by atoms with Gasteiger partial charge in [-0.2, -0.15) is 0 Å². The molecule has 2 atom stereocenters. The van der Waals surface area contributed by atoms with Crippen molar-refractivity contribution in [1.82, 2.24) is 15.1 Å². The van der Waals surface area contributed by atoms with Crippen molar-refractivity contribution in [3.63, 3.8) is 0 Å². The standard InChI is InChI=1S/C13H27N3O/c1-10(2)12(9-15(4)5)16-8-6-7-11(14-3)13(16)17/h10-12,14H,6-9H2,1-5H3. The van der Waals surface area contributed by atoms with E-state index in [9.17, 15) is 4.79 Å². The Labute approximate surface area is 105 Å². The third-order valence-corrected chi connectivity index (χ3v) is 3.54. The van der Waals surface area contributed by atoms with Crippen LogP contribution in [0.2, 0.25) is 0 Å². The minimum absolute atomic E-state index is 0.0205. The molecule has 0 saturated carbocycles. The molecule has 0 radical (unpaired) electrons. The van der Waals surface area contributed by atoms with Gasteiger partial charge in [-0.1, -0.05) is 13.8 Å². The lowest BCUT2D eigenvalue weighted by molar-refractivity contribution is -0.139. The number of likely N-dealkylation sites (N-methyl/N-ethyl adjacent to an activating group) is 2. The molecule has 4 nitrogen and oxygen atoms in total. The molecule has 100 valence electrons. The number of amides is 1. The van der Waals surface area contributed by atoms with Crippen LogP contribution in [0.3, 0.4) is 0 Å². The highest BCUT2D eigenvalue weighted by Gasteiger charge is 2.33. The van der Waals surface area contributed by atoms with E-state index in [0.717, 1.165) is 25.9 Å². The minimum atomic E-state index is 0.0205. The van der Waals surface area contributed by atoms with Crippen molar-refractivity contribution in [1.29, 1.82) is 0 Å². The number of nitrogens with one attached hydrogen (secondary N) is 1. The fourth-order valence-electron chi connectivity index (χ4n) is 2.54. The average Bonchev–Trinajstić information content (AvgIpc) is 2.26. The first-order valence-corrected chi connectivity index (χ1v) is 6.59. The lowest BCUT2D eigenvalue weighted by Gasteiger charge is -2.41. The highest BCUT2D eigenvalue weighted by atomic mass is 16.2. The summed E-state index contributed by atoms with van der Waals surface area (Å²) in [5.41, 5.74) is 0. The molecule has 0 aromatic carbocycles. The summed E-state index contributed by atoms with van der Waals surface area (Å²) in [4.78, 5) is 16.6. The van der Waals surface area contributed by atoms with E-state index < -0.39 is 0 Å². The van der Waals surface area contributed by atoms with Gasteiger partial charge in [-0.3, -0.25) is 4.79 Å². The highest BCUT2D eigenvalue weighted by Crippen LogP contribution is 2.19. The Kier molecular flexibility index (Phi) is 5.40. The molecule has 1 amide bonds. The van der Waals surface area contributed by atoms with Crippen LogP contribution in [0.1, 0.15) is 26.7 Å². The summed E-state index contributed by atoms with van der Waals surface area (Å²) in [6.07, 6.45) is 2.08.